The Hall–Kier alpha value is -2.35. The minimum Gasteiger partial charge on any atom is -0.475 e. The number of rotatable bonds is 9. The van der Waals surface area contributed by atoms with Gasteiger partial charge in [-0.25, -0.2) is 9.78 Å². The van der Waals surface area contributed by atoms with Gasteiger partial charge in [0, 0.05) is 17.1 Å². The summed E-state index contributed by atoms with van der Waals surface area (Å²) in [6.45, 7) is 3.59. The maximum Gasteiger partial charge on any atom is 0.354 e. The Labute approximate surface area is 166 Å². The van der Waals surface area contributed by atoms with Crippen molar-refractivity contribution in [3.8, 4) is 16.5 Å². The molecule has 27 heavy (non-hydrogen) atoms. The lowest BCUT2D eigenvalue weighted by Gasteiger charge is -2.06. The topological polar surface area (TPSA) is 73.6 Å². The first-order valence-electron chi connectivity index (χ1n) is 8.47. The third-order valence-electron chi connectivity index (χ3n) is 3.55. The van der Waals surface area contributed by atoms with Crippen molar-refractivity contribution in [1.82, 2.24) is 10.3 Å². The number of furan rings is 1. The number of ether oxygens (including phenoxy) is 2. The number of hydrogen-bond donors (Lipinski definition) is 1. The molecule has 2 aromatic heterocycles. The first kappa shape index (κ1) is 19.4. The molecule has 0 atom stereocenters. The van der Waals surface area contributed by atoms with Crippen molar-refractivity contribution in [2.45, 2.75) is 13.5 Å². The zero-order valence-corrected chi connectivity index (χ0v) is 16.3. The Kier molecular flexibility index (Phi) is 6.86. The predicted molar refractivity (Wildman–Crippen MR) is 104 cm³/mol. The maximum atomic E-state index is 12.2. The summed E-state index contributed by atoms with van der Waals surface area (Å²) in [5.41, 5.74) is 0.862. The Morgan fingerprint density at radius 2 is 2.11 bits per heavy atom. The molecule has 8 heteroatoms. The van der Waals surface area contributed by atoms with Gasteiger partial charge >= 0.3 is 5.97 Å². The van der Waals surface area contributed by atoms with E-state index in [9.17, 15) is 4.79 Å². The lowest BCUT2D eigenvalue weighted by atomic mass is 10.2. The van der Waals surface area contributed by atoms with E-state index in [4.69, 9.17) is 25.5 Å². The fourth-order valence-corrected chi connectivity index (χ4v) is 3.33. The summed E-state index contributed by atoms with van der Waals surface area (Å²) >= 11 is 7.17. The monoisotopic (exact) mass is 406 g/mol. The van der Waals surface area contributed by atoms with E-state index in [0.29, 0.717) is 34.6 Å². The van der Waals surface area contributed by atoms with Crippen LogP contribution in [0.5, 0.6) is 5.88 Å². The number of benzene rings is 1. The van der Waals surface area contributed by atoms with E-state index in [1.54, 1.807) is 25.3 Å². The highest BCUT2D eigenvalue weighted by Crippen LogP contribution is 2.33. The first-order valence-corrected chi connectivity index (χ1v) is 9.66. The Bertz CT molecular complexity index is 862. The van der Waals surface area contributed by atoms with Gasteiger partial charge < -0.3 is 19.2 Å². The molecule has 6 nitrogen and oxygen atoms in total. The second-order valence-electron chi connectivity index (χ2n) is 5.49. The molecule has 0 saturated carbocycles. The summed E-state index contributed by atoms with van der Waals surface area (Å²) in [7, 11) is 0. The second-order valence-corrected chi connectivity index (χ2v) is 6.92. The smallest absolute Gasteiger partial charge is 0.354 e. The number of hydrogen-bond acceptors (Lipinski definition) is 7. The largest absolute Gasteiger partial charge is 0.475 e. The van der Waals surface area contributed by atoms with Crippen LogP contribution in [0, 0.1) is 0 Å². The molecule has 3 rings (SSSR count). The van der Waals surface area contributed by atoms with Gasteiger partial charge in [-0.2, -0.15) is 0 Å². The molecule has 0 unspecified atom stereocenters. The van der Waals surface area contributed by atoms with Crippen LogP contribution in [0.25, 0.3) is 10.6 Å². The van der Waals surface area contributed by atoms with E-state index < -0.39 is 5.97 Å². The fourth-order valence-electron chi connectivity index (χ4n) is 2.29. The number of carbonyl (C=O) groups excluding carboxylic acids is 1. The van der Waals surface area contributed by atoms with Crippen LogP contribution in [0.15, 0.2) is 47.1 Å². The molecule has 0 bridgehead atoms. The van der Waals surface area contributed by atoms with Gasteiger partial charge in [0.25, 0.3) is 0 Å². The normalized spacial score (nSPS) is 10.7. The Morgan fingerprint density at radius 1 is 1.30 bits per heavy atom. The van der Waals surface area contributed by atoms with E-state index in [-0.39, 0.29) is 12.5 Å². The molecule has 0 fully saturated rings. The van der Waals surface area contributed by atoms with Crippen LogP contribution >= 0.6 is 22.9 Å². The summed E-state index contributed by atoms with van der Waals surface area (Å²) in [4.78, 5) is 17.0. The molecule has 3 aromatic rings. The minimum absolute atomic E-state index is 0.281. The number of aromatic nitrogens is 1. The van der Waals surface area contributed by atoms with E-state index in [1.807, 2.05) is 24.3 Å². The minimum atomic E-state index is -0.436. The molecule has 2 heterocycles. The average molecular weight is 407 g/mol. The van der Waals surface area contributed by atoms with Crippen LogP contribution in [-0.4, -0.2) is 30.7 Å². The van der Waals surface area contributed by atoms with E-state index >= 15 is 0 Å². The van der Waals surface area contributed by atoms with Crippen LogP contribution in [0.3, 0.4) is 0 Å². The van der Waals surface area contributed by atoms with Crippen molar-refractivity contribution >= 4 is 28.9 Å². The summed E-state index contributed by atoms with van der Waals surface area (Å²) in [5, 5.41) is 4.52. The zero-order valence-electron chi connectivity index (χ0n) is 14.7. The van der Waals surface area contributed by atoms with Gasteiger partial charge in [-0.05, 0) is 31.2 Å². The quantitative estimate of drug-likeness (QED) is 0.419. The van der Waals surface area contributed by atoms with Gasteiger partial charge in [-0.3, -0.25) is 0 Å². The molecule has 0 aliphatic carbocycles. The fraction of sp³-hybridized carbons (Fsp3) is 0.263. The average Bonchev–Trinajstić information content (AvgIpc) is 3.32. The SMILES string of the molecule is CCOC(=O)c1sc(-c2ccc(Cl)cc2)nc1OCCNCc1ccco1. The van der Waals surface area contributed by atoms with Crippen LogP contribution in [-0.2, 0) is 11.3 Å². The highest BCUT2D eigenvalue weighted by molar-refractivity contribution is 7.17. The van der Waals surface area contributed by atoms with Gasteiger partial charge in [-0.1, -0.05) is 23.7 Å². The van der Waals surface area contributed by atoms with Crippen LogP contribution in [0.4, 0.5) is 0 Å². The predicted octanol–water partition coefficient (Wildman–Crippen LogP) is 4.40. The van der Waals surface area contributed by atoms with Gasteiger partial charge in [0.15, 0.2) is 4.88 Å². The summed E-state index contributed by atoms with van der Waals surface area (Å²) in [6.07, 6.45) is 1.63. The third-order valence-corrected chi connectivity index (χ3v) is 4.86. The molecule has 0 saturated heterocycles. The zero-order chi connectivity index (χ0) is 19.1. The lowest BCUT2D eigenvalue weighted by molar-refractivity contribution is 0.0527. The van der Waals surface area contributed by atoms with Crippen molar-refractivity contribution in [3.63, 3.8) is 0 Å². The number of nitrogens with one attached hydrogen (secondary N) is 1. The van der Waals surface area contributed by atoms with Crippen molar-refractivity contribution in [3.05, 3.63) is 58.3 Å². The molecule has 1 N–H and O–H groups in total. The molecular formula is C19H19ClN2O4S. The Morgan fingerprint density at radius 3 is 2.81 bits per heavy atom. The number of nitrogens with zero attached hydrogens (tertiary/aromatic N) is 1. The molecule has 0 aliphatic rings. The van der Waals surface area contributed by atoms with Crippen molar-refractivity contribution < 1.29 is 18.7 Å². The number of halogens is 1. The maximum absolute atomic E-state index is 12.2. The van der Waals surface area contributed by atoms with E-state index in [1.165, 1.54) is 11.3 Å². The highest BCUT2D eigenvalue weighted by atomic mass is 35.5. The molecule has 0 spiro atoms. The van der Waals surface area contributed by atoms with Crippen LogP contribution in [0.1, 0.15) is 22.4 Å². The molecule has 0 radical (unpaired) electrons. The number of carbonyl (C=O) groups is 1. The number of esters is 1. The lowest BCUT2D eigenvalue weighted by Crippen LogP contribution is -2.21. The van der Waals surface area contributed by atoms with Gasteiger partial charge in [-0.15, -0.1) is 11.3 Å². The van der Waals surface area contributed by atoms with Gasteiger partial charge in [0.2, 0.25) is 5.88 Å². The molecule has 0 amide bonds. The van der Waals surface area contributed by atoms with Crippen molar-refractivity contribution in [1.29, 1.82) is 0 Å². The highest BCUT2D eigenvalue weighted by Gasteiger charge is 2.21. The van der Waals surface area contributed by atoms with Crippen molar-refractivity contribution in [2.75, 3.05) is 19.8 Å². The van der Waals surface area contributed by atoms with Crippen molar-refractivity contribution in [2.24, 2.45) is 0 Å². The molecule has 0 aliphatic heterocycles. The Balaban J connectivity index is 1.66. The second kappa shape index (κ2) is 9.55. The van der Waals surface area contributed by atoms with Crippen LogP contribution < -0.4 is 10.1 Å². The molecule has 142 valence electrons. The molecule has 1 aromatic carbocycles. The standard InChI is InChI=1S/C19H19ClN2O4S/c1-2-24-19(23)16-17(26-11-9-21-12-15-4-3-10-25-15)22-18(27-16)13-5-7-14(20)8-6-13/h3-8,10,21H,2,9,11-12H2,1H3. The molecular weight excluding hydrogens is 388 g/mol. The summed E-state index contributed by atoms with van der Waals surface area (Å²) in [5.74, 6) is 0.692. The van der Waals surface area contributed by atoms with Crippen LogP contribution in [0.2, 0.25) is 5.02 Å². The van der Waals surface area contributed by atoms with Gasteiger partial charge in [0.1, 0.15) is 17.4 Å². The first-order chi connectivity index (χ1) is 13.2. The summed E-state index contributed by atoms with van der Waals surface area (Å²) in [6, 6.07) is 11.0. The summed E-state index contributed by atoms with van der Waals surface area (Å²) < 4.78 is 16.1. The van der Waals surface area contributed by atoms with E-state index in [2.05, 4.69) is 10.3 Å². The van der Waals surface area contributed by atoms with Gasteiger partial charge in [0.05, 0.1) is 19.4 Å². The number of thiazole rings is 1. The van der Waals surface area contributed by atoms with E-state index in [0.717, 1.165) is 11.3 Å². The third kappa shape index (κ3) is 5.32.